The second-order valence-electron chi connectivity index (χ2n) is 5.87. The van der Waals surface area contributed by atoms with Gasteiger partial charge in [0.15, 0.2) is 0 Å². The van der Waals surface area contributed by atoms with Crippen molar-refractivity contribution in [2.75, 3.05) is 11.9 Å². The molecule has 0 spiro atoms. The lowest BCUT2D eigenvalue weighted by Crippen LogP contribution is -2.29. The van der Waals surface area contributed by atoms with Gasteiger partial charge in [0.1, 0.15) is 6.42 Å². The molecule has 20 heavy (non-hydrogen) atoms. The summed E-state index contributed by atoms with van der Waals surface area (Å²) in [6.07, 6.45) is 0.721. The summed E-state index contributed by atoms with van der Waals surface area (Å²) >= 11 is 0. The van der Waals surface area contributed by atoms with Crippen LogP contribution in [0.1, 0.15) is 46.1 Å². The van der Waals surface area contributed by atoms with Crippen molar-refractivity contribution in [2.24, 2.45) is 0 Å². The van der Waals surface area contributed by atoms with Crippen LogP contribution in [0.25, 0.3) is 0 Å². The minimum absolute atomic E-state index is 0.0612. The van der Waals surface area contributed by atoms with Gasteiger partial charge < -0.3 is 10.6 Å². The van der Waals surface area contributed by atoms with Gasteiger partial charge in [-0.25, -0.2) is 0 Å². The lowest BCUT2D eigenvalue weighted by Gasteiger charge is -2.22. The third kappa shape index (κ3) is 5.03. The Hall–Kier alpha value is -1.84. The summed E-state index contributed by atoms with van der Waals surface area (Å²) in [6, 6.07) is 7.68. The average molecular weight is 276 g/mol. The Balaban J connectivity index is 2.69. The molecule has 0 aliphatic rings. The van der Waals surface area contributed by atoms with Crippen LogP contribution in [0.2, 0.25) is 0 Å². The Morgan fingerprint density at radius 2 is 1.75 bits per heavy atom. The van der Waals surface area contributed by atoms with Gasteiger partial charge in [-0.1, -0.05) is 45.9 Å². The van der Waals surface area contributed by atoms with E-state index in [1.165, 1.54) is 0 Å². The SMILES string of the molecule is CCCNC(=O)CC(=O)Nc1ccccc1C(C)(C)C. The molecule has 1 aromatic carbocycles. The summed E-state index contributed by atoms with van der Waals surface area (Å²) in [6.45, 7) is 8.84. The summed E-state index contributed by atoms with van der Waals surface area (Å²) in [4.78, 5) is 23.4. The highest BCUT2D eigenvalue weighted by Crippen LogP contribution is 2.29. The molecule has 0 aliphatic heterocycles. The fourth-order valence-corrected chi connectivity index (χ4v) is 1.91. The molecule has 1 rings (SSSR count). The molecule has 2 amide bonds. The van der Waals surface area contributed by atoms with Crippen LogP contribution in [0.4, 0.5) is 5.69 Å². The van der Waals surface area contributed by atoms with Gasteiger partial charge >= 0.3 is 0 Å². The van der Waals surface area contributed by atoms with Crippen LogP contribution in [-0.4, -0.2) is 18.4 Å². The fraction of sp³-hybridized carbons (Fsp3) is 0.500. The summed E-state index contributed by atoms with van der Waals surface area (Å²) in [5, 5.41) is 5.52. The van der Waals surface area contributed by atoms with E-state index in [0.29, 0.717) is 6.54 Å². The fourth-order valence-electron chi connectivity index (χ4n) is 1.91. The number of para-hydroxylation sites is 1. The smallest absolute Gasteiger partial charge is 0.233 e. The largest absolute Gasteiger partial charge is 0.356 e. The molecule has 4 heteroatoms. The maximum atomic E-state index is 11.9. The second-order valence-corrected chi connectivity index (χ2v) is 5.87. The lowest BCUT2D eigenvalue weighted by atomic mass is 9.86. The number of anilines is 1. The zero-order valence-corrected chi connectivity index (χ0v) is 12.7. The molecule has 2 N–H and O–H groups in total. The zero-order valence-electron chi connectivity index (χ0n) is 12.7. The van der Waals surface area contributed by atoms with E-state index < -0.39 is 0 Å². The number of hydrogen-bond donors (Lipinski definition) is 2. The van der Waals surface area contributed by atoms with Crippen LogP contribution < -0.4 is 10.6 Å². The van der Waals surface area contributed by atoms with Crippen molar-refractivity contribution in [3.8, 4) is 0 Å². The van der Waals surface area contributed by atoms with E-state index in [4.69, 9.17) is 0 Å². The molecule has 0 unspecified atom stereocenters. The first-order chi connectivity index (χ1) is 9.34. The van der Waals surface area contributed by atoms with Crippen molar-refractivity contribution in [3.63, 3.8) is 0 Å². The third-order valence-electron chi connectivity index (χ3n) is 2.90. The van der Waals surface area contributed by atoms with Crippen LogP contribution in [0.15, 0.2) is 24.3 Å². The van der Waals surface area contributed by atoms with Gasteiger partial charge in [-0.05, 0) is 23.5 Å². The van der Waals surface area contributed by atoms with Gasteiger partial charge in [0.05, 0.1) is 0 Å². The molecule has 110 valence electrons. The lowest BCUT2D eigenvalue weighted by molar-refractivity contribution is -0.126. The molecular formula is C16H24N2O2. The van der Waals surface area contributed by atoms with Gasteiger partial charge in [0, 0.05) is 12.2 Å². The Morgan fingerprint density at radius 1 is 1.10 bits per heavy atom. The number of carbonyl (C=O) groups excluding carboxylic acids is 2. The Bertz CT molecular complexity index is 476. The zero-order chi connectivity index (χ0) is 15.2. The molecular weight excluding hydrogens is 252 g/mol. The first kappa shape index (κ1) is 16.2. The number of amides is 2. The summed E-state index contributed by atoms with van der Waals surface area (Å²) < 4.78 is 0. The van der Waals surface area contributed by atoms with E-state index in [-0.39, 0.29) is 23.7 Å². The van der Waals surface area contributed by atoms with Crippen molar-refractivity contribution < 1.29 is 9.59 Å². The highest BCUT2D eigenvalue weighted by atomic mass is 16.2. The Labute approximate surface area is 121 Å². The predicted molar refractivity (Wildman–Crippen MR) is 81.7 cm³/mol. The van der Waals surface area contributed by atoms with E-state index in [1.54, 1.807) is 0 Å². The Kier molecular flexibility index (Phi) is 5.74. The summed E-state index contributed by atoms with van der Waals surface area (Å²) in [7, 11) is 0. The van der Waals surface area contributed by atoms with E-state index in [2.05, 4.69) is 31.4 Å². The van der Waals surface area contributed by atoms with Gasteiger partial charge in [-0.15, -0.1) is 0 Å². The molecule has 4 nitrogen and oxygen atoms in total. The number of nitrogens with one attached hydrogen (secondary N) is 2. The number of carbonyl (C=O) groups is 2. The first-order valence-electron chi connectivity index (χ1n) is 7.00. The van der Waals surface area contributed by atoms with Crippen molar-refractivity contribution in [2.45, 2.75) is 46.0 Å². The van der Waals surface area contributed by atoms with Crippen LogP contribution in [-0.2, 0) is 15.0 Å². The van der Waals surface area contributed by atoms with Crippen LogP contribution in [0.5, 0.6) is 0 Å². The van der Waals surface area contributed by atoms with E-state index in [0.717, 1.165) is 17.7 Å². The number of hydrogen-bond acceptors (Lipinski definition) is 2. The van der Waals surface area contributed by atoms with Gasteiger partial charge in [0.2, 0.25) is 11.8 Å². The maximum Gasteiger partial charge on any atom is 0.233 e. The number of rotatable bonds is 5. The van der Waals surface area contributed by atoms with E-state index in [9.17, 15) is 9.59 Å². The topological polar surface area (TPSA) is 58.2 Å². The Morgan fingerprint density at radius 3 is 2.35 bits per heavy atom. The van der Waals surface area contributed by atoms with Crippen molar-refractivity contribution in [3.05, 3.63) is 29.8 Å². The third-order valence-corrected chi connectivity index (χ3v) is 2.90. The normalized spacial score (nSPS) is 11.0. The highest BCUT2D eigenvalue weighted by molar-refractivity contribution is 6.03. The van der Waals surface area contributed by atoms with E-state index in [1.807, 2.05) is 31.2 Å². The molecule has 0 aliphatic carbocycles. The van der Waals surface area contributed by atoms with Crippen molar-refractivity contribution in [1.29, 1.82) is 0 Å². The monoisotopic (exact) mass is 276 g/mol. The molecule has 1 aromatic rings. The van der Waals surface area contributed by atoms with Crippen LogP contribution in [0.3, 0.4) is 0 Å². The molecule has 0 atom stereocenters. The first-order valence-corrected chi connectivity index (χ1v) is 7.00. The van der Waals surface area contributed by atoms with Gasteiger partial charge in [-0.2, -0.15) is 0 Å². The predicted octanol–water partition coefficient (Wildman–Crippen LogP) is 2.84. The molecule has 0 saturated carbocycles. The standard InChI is InChI=1S/C16H24N2O2/c1-5-10-17-14(19)11-15(20)18-13-9-7-6-8-12(13)16(2,3)4/h6-9H,5,10-11H2,1-4H3,(H,17,19)(H,18,20). The molecule has 0 radical (unpaired) electrons. The minimum Gasteiger partial charge on any atom is -0.356 e. The van der Waals surface area contributed by atoms with Gasteiger partial charge in [0.25, 0.3) is 0 Å². The summed E-state index contributed by atoms with van der Waals surface area (Å²) in [5.41, 5.74) is 1.77. The molecule has 0 fully saturated rings. The summed E-state index contributed by atoms with van der Waals surface area (Å²) in [5.74, 6) is -0.520. The van der Waals surface area contributed by atoms with Crippen LogP contribution >= 0.6 is 0 Å². The quantitative estimate of drug-likeness (QED) is 0.812. The van der Waals surface area contributed by atoms with Crippen molar-refractivity contribution >= 4 is 17.5 Å². The maximum absolute atomic E-state index is 11.9. The van der Waals surface area contributed by atoms with Crippen molar-refractivity contribution in [1.82, 2.24) is 5.32 Å². The second kappa shape index (κ2) is 7.08. The molecule has 0 bridgehead atoms. The van der Waals surface area contributed by atoms with Crippen LogP contribution in [0, 0.1) is 0 Å². The van der Waals surface area contributed by atoms with Gasteiger partial charge in [-0.3, -0.25) is 9.59 Å². The average Bonchev–Trinajstić information content (AvgIpc) is 2.35. The highest BCUT2D eigenvalue weighted by Gasteiger charge is 2.19. The molecule has 0 aromatic heterocycles. The minimum atomic E-state index is -0.282. The number of benzene rings is 1. The molecule has 0 saturated heterocycles. The van der Waals surface area contributed by atoms with E-state index >= 15 is 0 Å². The molecule has 0 heterocycles.